The van der Waals surface area contributed by atoms with Crippen LogP contribution in [0.3, 0.4) is 0 Å². The predicted molar refractivity (Wildman–Crippen MR) is 73.1 cm³/mol. The molecule has 0 saturated heterocycles. The molecule has 0 unspecified atom stereocenters. The average Bonchev–Trinajstić information content (AvgIpc) is 2.73. The Hall–Kier alpha value is -1.84. The Morgan fingerprint density at radius 3 is 2.58 bits per heavy atom. The molecule has 0 aliphatic heterocycles. The van der Waals surface area contributed by atoms with Crippen molar-refractivity contribution < 1.29 is 9.13 Å². The molecule has 102 valence electrons. The molecular formula is C15H19FN2O. The van der Waals surface area contributed by atoms with Gasteiger partial charge in [-0.25, -0.2) is 4.39 Å². The van der Waals surface area contributed by atoms with E-state index in [0.29, 0.717) is 23.8 Å². The molecule has 0 atom stereocenters. The lowest BCUT2D eigenvalue weighted by molar-refractivity contribution is 0.411. The van der Waals surface area contributed by atoms with Gasteiger partial charge >= 0.3 is 0 Å². The van der Waals surface area contributed by atoms with Gasteiger partial charge in [-0.15, -0.1) is 0 Å². The maximum atomic E-state index is 13.9. The summed E-state index contributed by atoms with van der Waals surface area (Å²) in [6.07, 6.45) is 2.37. The highest BCUT2D eigenvalue weighted by Gasteiger charge is 2.12. The summed E-state index contributed by atoms with van der Waals surface area (Å²) in [7, 11) is 1.53. The van der Waals surface area contributed by atoms with Crippen molar-refractivity contribution in [1.82, 2.24) is 9.78 Å². The summed E-state index contributed by atoms with van der Waals surface area (Å²) in [6.45, 7) is 6.18. The van der Waals surface area contributed by atoms with E-state index < -0.39 is 0 Å². The first-order valence-electron chi connectivity index (χ1n) is 6.38. The molecule has 1 heterocycles. The fraction of sp³-hybridized carbons (Fsp3) is 0.400. The number of hydrogen-bond donors (Lipinski definition) is 0. The highest BCUT2D eigenvalue weighted by Crippen LogP contribution is 2.21. The van der Waals surface area contributed by atoms with E-state index in [0.717, 1.165) is 11.3 Å². The van der Waals surface area contributed by atoms with Gasteiger partial charge in [0.05, 0.1) is 13.3 Å². The quantitative estimate of drug-likeness (QED) is 0.843. The minimum Gasteiger partial charge on any atom is -0.497 e. The van der Waals surface area contributed by atoms with Gasteiger partial charge in [0.25, 0.3) is 0 Å². The second-order valence-electron chi connectivity index (χ2n) is 4.93. The van der Waals surface area contributed by atoms with Crippen molar-refractivity contribution in [3.8, 4) is 5.75 Å². The number of methoxy groups -OCH3 is 1. The number of aromatic nitrogens is 2. The van der Waals surface area contributed by atoms with Gasteiger partial charge in [0.15, 0.2) is 0 Å². The van der Waals surface area contributed by atoms with Crippen molar-refractivity contribution in [2.24, 2.45) is 0 Å². The first-order chi connectivity index (χ1) is 9.02. The Balaban J connectivity index is 2.26. The molecule has 1 aromatic carbocycles. The lowest BCUT2D eigenvalue weighted by Gasteiger charge is -2.09. The van der Waals surface area contributed by atoms with Gasteiger partial charge in [0, 0.05) is 24.2 Å². The van der Waals surface area contributed by atoms with Gasteiger partial charge in [0.2, 0.25) is 0 Å². The summed E-state index contributed by atoms with van der Waals surface area (Å²) in [5.41, 5.74) is 2.80. The summed E-state index contributed by atoms with van der Waals surface area (Å²) < 4.78 is 20.9. The van der Waals surface area contributed by atoms with Crippen LogP contribution in [0.4, 0.5) is 4.39 Å². The van der Waals surface area contributed by atoms with Crippen LogP contribution in [0.1, 0.15) is 36.7 Å². The van der Waals surface area contributed by atoms with E-state index in [1.807, 2.05) is 17.8 Å². The zero-order valence-electron chi connectivity index (χ0n) is 11.8. The van der Waals surface area contributed by atoms with Crippen LogP contribution in [0.15, 0.2) is 24.4 Å². The van der Waals surface area contributed by atoms with E-state index in [9.17, 15) is 4.39 Å². The molecule has 3 nitrogen and oxygen atoms in total. The molecule has 0 saturated carbocycles. The summed E-state index contributed by atoms with van der Waals surface area (Å²) >= 11 is 0. The Kier molecular flexibility index (Phi) is 3.88. The fourth-order valence-electron chi connectivity index (χ4n) is 2.16. The number of rotatable bonds is 4. The monoisotopic (exact) mass is 262 g/mol. The van der Waals surface area contributed by atoms with Crippen LogP contribution in [0.25, 0.3) is 0 Å². The lowest BCUT2D eigenvalue weighted by atomic mass is 10.1. The first-order valence-corrected chi connectivity index (χ1v) is 6.38. The first kappa shape index (κ1) is 13.6. The molecule has 4 heteroatoms. The van der Waals surface area contributed by atoms with Gasteiger partial charge in [-0.3, -0.25) is 4.68 Å². The largest absolute Gasteiger partial charge is 0.497 e. The Morgan fingerprint density at radius 2 is 2.05 bits per heavy atom. The smallest absolute Gasteiger partial charge is 0.130 e. The number of nitrogens with zero attached hydrogens (tertiary/aromatic N) is 2. The molecule has 2 rings (SSSR count). The highest BCUT2D eigenvalue weighted by atomic mass is 19.1. The molecule has 0 aliphatic carbocycles. The van der Waals surface area contributed by atoms with Crippen LogP contribution in [0, 0.1) is 12.7 Å². The van der Waals surface area contributed by atoms with E-state index in [-0.39, 0.29) is 5.82 Å². The SMILES string of the molecule is COc1ccc(Cc2cnn(C(C)C)c2C)c(F)c1. The summed E-state index contributed by atoms with van der Waals surface area (Å²) in [5.74, 6) is 0.298. The topological polar surface area (TPSA) is 27.1 Å². The summed E-state index contributed by atoms with van der Waals surface area (Å²) in [5, 5.41) is 4.34. The highest BCUT2D eigenvalue weighted by molar-refractivity contribution is 5.33. The van der Waals surface area contributed by atoms with E-state index in [1.165, 1.54) is 13.2 Å². The van der Waals surface area contributed by atoms with Crippen LogP contribution in [-0.2, 0) is 6.42 Å². The van der Waals surface area contributed by atoms with Crippen molar-refractivity contribution in [3.05, 3.63) is 47.0 Å². The average molecular weight is 262 g/mol. The molecule has 0 amide bonds. The molecule has 0 fully saturated rings. The van der Waals surface area contributed by atoms with Gasteiger partial charge in [-0.05, 0) is 38.0 Å². The normalized spacial score (nSPS) is 11.1. The van der Waals surface area contributed by atoms with Crippen LogP contribution in [0.5, 0.6) is 5.75 Å². The Morgan fingerprint density at radius 1 is 1.32 bits per heavy atom. The zero-order chi connectivity index (χ0) is 14.0. The molecule has 0 radical (unpaired) electrons. The van der Waals surface area contributed by atoms with E-state index in [4.69, 9.17) is 4.74 Å². The van der Waals surface area contributed by atoms with Crippen molar-refractivity contribution in [2.45, 2.75) is 33.2 Å². The molecular weight excluding hydrogens is 243 g/mol. The van der Waals surface area contributed by atoms with Crippen LogP contribution >= 0.6 is 0 Å². The minimum atomic E-state index is -0.240. The maximum Gasteiger partial charge on any atom is 0.130 e. The van der Waals surface area contributed by atoms with Crippen LogP contribution < -0.4 is 4.74 Å². The Labute approximate surface area is 113 Å². The fourth-order valence-corrected chi connectivity index (χ4v) is 2.16. The van der Waals surface area contributed by atoms with Gasteiger partial charge in [0.1, 0.15) is 11.6 Å². The standard InChI is InChI=1S/C15H19FN2O/c1-10(2)18-11(3)13(9-17-18)7-12-5-6-14(19-4)8-15(12)16/h5-6,8-10H,7H2,1-4H3. The summed E-state index contributed by atoms with van der Waals surface area (Å²) in [4.78, 5) is 0. The molecule has 0 aliphatic rings. The lowest BCUT2D eigenvalue weighted by Crippen LogP contribution is -2.05. The van der Waals surface area contributed by atoms with Gasteiger partial charge < -0.3 is 4.74 Å². The number of ether oxygens (including phenoxy) is 1. The van der Waals surface area contributed by atoms with Crippen LogP contribution in [0.2, 0.25) is 0 Å². The van der Waals surface area contributed by atoms with Crippen molar-refractivity contribution >= 4 is 0 Å². The van der Waals surface area contributed by atoms with Crippen molar-refractivity contribution in [1.29, 1.82) is 0 Å². The maximum absolute atomic E-state index is 13.9. The predicted octanol–water partition coefficient (Wildman–Crippen LogP) is 3.51. The second-order valence-corrected chi connectivity index (χ2v) is 4.93. The molecule has 19 heavy (non-hydrogen) atoms. The molecule has 2 aromatic rings. The minimum absolute atomic E-state index is 0.240. The van der Waals surface area contributed by atoms with E-state index >= 15 is 0 Å². The summed E-state index contributed by atoms with van der Waals surface area (Å²) in [6, 6.07) is 5.27. The third-order valence-electron chi connectivity index (χ3n) is 3.28. The molecule has 1 aromatic heterocycles. The number of hydrogen-bond acceptors (Lipinski definition) is 2. The Bertz CT molecular complexity index is 576. The van der Waals surface area contributed by atoms with Gasteiger partial charge in [-0.2, -0.15) is 5.10 Å². The van der Waals surface area contributed by atoms with E-state index in [2.05, 4.69) is 18.9 Å². The molecule has 0 N–H and O–H groups in total. The number of benzene rings is 1. The molecule has 0 spiro atoms. The van der Waals surface area contributed by atoms with E-state index in [1.54, 1.807) is 12.1 Å². The van der Waals surface area contributed by atoms with Crippen molar-refractivity contribution in [3.63, 3.8) is 0 Å². The zero-order valence-corrected chi connectivity index (χ0v) is 11.8. The van der Waals surface area contributed by atoms with Gasteiger partial charge in [-0.1, -0.05) is 6.07 Å². The third-order valence-corrected chi connectivity index (χ3v) is 3.28. The second kappa shape index (κ2) is 5.43. The number of halogens is 1. The molecule has 0 bridgehead atoms. The van der Waals surface area contributed by atoms with Crippen molar-refractivity contribution in [2.75, 3.05) is 7.11 Å². The third kappa shape index (κ3) is 2.78. The van der Waals surface area contributed by atoms with Crippen LogP contribution in [-0.4, -0.2) is 16.9 Å².